The number of hydrogen-bond acceptors (Lipinski definition) is 3. The van der Waals surface area contributed by atoms with Gasteiger partial charge < -0.3 is 10.2 Å². The molecule has 0 atom stereocenters. The predicted molar refractivity (Wildman–Crippen MR) is 114 cm³/mol. The molecule has 0 aliphatic carbocycles. The van der Waals surface area contributed by atoms with Gasteiger partial charge in [0.05, 0.1) is 12.2 Å². The first-order valence-corrected chi connectivity index (χ1v) is 9.64. The maximum atomic E-state index is 12.3. The van der Waals surface area contributed by atoms with Gasteiger partial charge in [-0.15, -0.1) is 0 Å². The Kier molecular flexibility index (Phi) is 7.66. The summed E-state index contributed by atoms with van der Waals surface area (Å²) in [4.78, 5) is 25.8. The topological polar surface area (TPSA) is 67.2 Å². The zero-order valence-corrected chi connectivity index (χ0v) is 17.9. The Hall–Kier alpha value is -2.31. The highest BCUT2D eigenvalue weighted by molar-refractivity contribution is 6.31. The van der Waals surface area contributed by atoms with Gasteiger partial charge >= 0.3 is 0 Å². The number of carbonyl (C=O) groups excluding carboxylic acids is 2. The highest BCUT2D eigenvalue weighted by Gasteiger charge is 2.14. The second kappa shape index (κ2) is 9.75. The number of nitrogens with one attached hydrogen (secondary N) is 1. The maximum absolute atomic E-state index is 12.3. The molecule has 1 N–H and O–H groups in total. The van der Waals surface area contributed by atoms with Gasteiger partial charge in [-0.05, 0) is 43.2 Å². The first-order chi connectivity index (χ1) is 13.2. The minimum Gasteiger partial charge on any atom is -0.333 e. The monoisotopic (exact) mass is 422 g/mol. The summed E-state index contributed by atoms with van der Waals surface area (Å²) in [6.07, 6.45) is 3.03. The van der Waals surface area contributed by atoms with Crippen LogP contribution in [0.4, 0.5) is 5.69 Å². The molecule has 6 nitrogen and oxygen atoms in total. The highest BCUT2D eigenvalue weighted by Crippen LogP contribution is 2.22. The Morgan fingerprint density at radius 1 is 1.25 bits per heavy atom. The van der Waals surface area contributed by atoms with Crippen LogP contribution in [0.1, 0.15) is 25.1 Å². The molecule has 0 unspecified atom stereocenters. The Balaban J connectivity index is 1.97. The minimum absolute atomic E-state index is 0.0782. The number of benzene rings is 1. The molecule has 0 aliphatic rings. The van der Waals surface area contributed by atoms with Crippen LogP contribution >= 0.6 is 23.2 Å². The molecule has 1 heterocycles. The van der Waals surface area contributed by atoms with Crippen molar-refractivity contribution in [3.63, 3.8) is 0 Å². The van der Waals surface area contributed by atoms with E-state index in [4.69, 9.17) is 23.2 Å². The van der Waals surface area contributed by atoms with Crippen LogP contribution in [0.3, 0.4) is 0 Å². The molecule has 8 heteroatoms. The lowest BCUT2D eigenvalue weighted by atomic mass is 10.2. The van der Waals surface area contributed by atoms with E-state index >= 15 is 0 Å². The fourth-order valence-electron chi connectivity index (χ4n) is 2.53. The third-order valence-electron chi connectivity index (χ3n) is 3.93. The van der Waals surface area contributed by atoms with Crippen LogP contribution in [0.25, 0.3) is 6.08 Å². The molecule has 2 amide bonds. The van der Waals surface area contributed by atoms with Gasteiger partial charge in [0, 0.05) is 35.9 Å². The second-order valence-electron chi connectivity index (χ2n) is 6.95. The van der Waals surface area contributed by atoms with Crippen LogP contribution in [-0.2, 0) is 16.1 Å². The highest BCUT2D eigenvalue weighted by atomic mass is 35.5. The summed E-state index contributed by atoms with van der Waals surface area (Å²) >= 11 is 12.2. The number of nitrogens with zero attached hydrogens (tertiary/aromatic N) is 3. The van der Waals surface area contributed by atoms with Crippen molar-refractivity contribution in [3.8, 4) is 0 Å². The van der Waals surface area contributed by atoms with Crippen molar-refractivity contribution in [2.24, 2.45) is 5.92 Å². The molecule has 0 fully saturated rings. The first-order valence-electron chi connectivity index (χ1n) is 8.89. The summed E-state index contributed by atoms with van der Waals surface area (Å²) < 4.78 is 1.73. The SMILES string of the molecule is Cc1nn(CC(C)C)c(Cl)c1/C=C/C(=O)N(C)CC(=O)Nc1ccc(Cl)cc1. The zero-order chi connectivity index (χ0) is 20.8. The van der Waals surface area contributed by atoms with Crippen molar-refractivity contribution in [1.82, 2.24) is 14.7 Å². The van der Waals surface area contributed by atoms with Gasteiger partial charge in [-0.1, -0.05) is 37.0 Å². The Bertz CT molecular complexity index is 873. The molecule has 1 aromatic heterocycles. The lowest BCUT2D eigenvalue weighted by Gasteiger charge is -2.14. The summed E-state index contributed by atoms with van der Waals surface area (Å²) in [6, 6.07) is 6.75. The Morgan fingerprint density at radius 3 is 2.50 bits per heavy atom. The normalized spacial score (nSPS) is 11.2. The Morgan fingerprint density at radius 2 is 1.89 bits per heavy atom. The summed E-state index contributed by atoms with van der Waals surface area (Å²) in [5.41, 5.74) is 2.07. The first kappa shape index (κ1) is 22.0. The van der Waals surface area contributed by atoms with Crippen molar-refractivity contribution in [3.05, 3.63) is 51.8 Å². The number of aromatic nitrogens is 2. The van der Waals surface area contributed by atoms with E-state index in [0.717, 1.165) is 5.69 Å². The van der Waals surface area contributed by atoms with Crippen LogP contribution in [0.15, 0.2) is 30.3 Å². The molecule has 150 valence electrons. The van der Waals surface area contributed by atoms with Gasteiger partial charge in [0.15, 0.2) is 0 Å². The van der Waals surface area contributed by atoms with Gasteiger partial charge in [0.2, 0.25) is 11.8 Å². The van der Waals surface area contributed by atoms with Crippen LogP contribution in [0, 0.1) is 12.8 Å². The molecule has 0 saturated heterocycles. The molecule has 0 spiro atoms. The van der Waals surface area contributed by atoms with E-state index in [1.165, 1.54) is 11.0 Å². The molecule has 2 rings (SSSR count). The second-order valence-corrected chi connectivity index (χ2v) is 7.74. The molecule has 2 aromatic rings. The van der Waals surface area contributed by atoms with Gasteiger partial charge in [-0.2, -0.15) is 5.10 Å². The number of halogens is 2. The average Bonchev–Trinajstić information content (AvgIpc) is 2.87. The van der Waals surface area contributed by atoms with E-state index in [1.807, 2.05) is 6.92 Å². The van der Waals surface area contributed by atoms with Crippen LogP contribution < -0.4 is 5.32 Å². The number of rotatable bonds is 7. The van der Waals surface area contributed by atoms with Crippen LogP contribution in [0.2, 0.25) is 10.2 Å². The summed E-state index contributed by atoms with van der Waals surface area (Å²) in [5, 5.41) is 8.21. The van der Waals surface area contributed by atoms with E-state index in [0.29, 0.717) is 33.9 Å². The molecular formula is C20H24Cl2N4O2. The molecule has 0 radical (unpaired) electrons. The smallest absolute Gasteiger partial charge is 0.246 e. The van der Waals surface area contributed by atoms with Gasteiger partial charge in [0.1, 0.15) is 5.15 Å². The third kappa shape index (κ3) is 6.11. The van der Waals surface area contributed by atoms with E-state index < -0.39 is 0 Å². The minimum atomic E-state index is -0.307. The van der Waals surface area contributed by atoms with Crippen molar-refractivity contribution >= 4 is 46.8 Å². The number of anilines is 1. The van der Waals surface area contributed by atoms with E-state index in [2.05, 4.69) is 24.3 Å². The van der Waals surface area contributed by atoms with Crippen molar-refractivity contribution in [2.45, 2.75) is 27.3 Å². The number of likely N-dealkylation sites (N-methyl/N-ethyl adjacent to an activating group) is 1. The number of amides is 2. The van der Waals surface area contributed by atoms with Crippen molar-refractivity contribution in [2.75, 3.05) is 18.9 Å². The van der Waals surface area contributed by atoms with Crippen LogP contribution in [0.5, 0.6) is 0 Å². The van der Waals surface area contributed by atoms with Gasteiger partial charge in [-0.25, -0.2) is 0 Å². The molecule has 0 aliphatic heterocycles. The lowest BCUT2D eigenvalue weighted by molar-refractivity contribution is -0.129. The summed E-state index contributed by atoms with van der Waals surface area (Å²) in [5.74, 6) is -0.204. The number of hydrogen-bond donors (Lipinski definition) is 1. The molecular weight excluding hydrogens is 399 g/mol. The van der Waals surface area contributed by atoms with Crippen LogP contribution in [-0.4, -0.2) is 40.1 Å². The molecule has 0 bridgehead atoms. The molecule has 1 aromatic carbocycles. The standard InChI is InChI=1S/C20H24Cl2N4O2/c1-13(2)11-26-20(22)17(14(3)24-26)9-10-19(28)25(4)12-18(27)23-16-7-5-15(21)6-8-16/h5-10,13H,11-12H2,1-4H3,(H,23,27)/b10-9+. The zero-order valence-electron chi connectivity index (χ0n) is 16.4. The fraction of sp³-hybridized carbons (Fsp3) is 0.350. The van der Waals surface area contributed by atoms with Crippen molar-refractivity contribution in [1.29, 1.82) is 0 Å². The third-order valence-corrected chi connectivity index (χ3v) is 4.58. The molecule has 0 saturated carbocycles. The van der Waals surface area contributed by atoms with E-state index in [1.54, 1.807) is 42.1 Å². The Labute approximate surface area is 175 Å². The largest absolute Gasteiger partial charge is 0.333 e. The molecule has 28 heavy (non-hydrogen) atoms. The van der Waals surface area contributed by atoms with Gasteiger partial charge in [0.25, 0.3) is 0 Å². The quantitative estimate of drug-likeness (QED) is 0.677. The number of carbonyl (C=O) groups is 2. The number of aryl methyl sites for hydroxylation is 1. The summed E-state index contributed by atoms with van der Waals surface area (Å²) in [6.45, 7) is 6.63. The van der Waals surface area contributed by atoms with E-state index in [-0.39, 0.29) is 18.4 Å². The maximum Gasteiger partial charge on any atom is 0.246 e. The van der Waals surface area contributed by atoms with Crippen molar-refractivity contribution < 1.29 is 9.59 Å². The predicted octanol–water partition coefficient (Wildman–Crippen LogP) is 4.26. The fourth-order valence-corrected chi connectivity index (χ4v) is 2.96. The van der Waals surface area contributed by atoms with Gasteiger partial charge in [-0.3, -0.25) is 14.3 Å². The summed E-state index contributed by atoms with van der Waals surface area (Å²) in [7, 11) is 1.56. The lowest BCUT2D eigenvalue weighted by Crippen LogP contribution is -2.33. The average molecular weight is 423 g/mol. The van der Waals surface area contributed by atoms with E-state index in [9.17, 15) is 9.59 Å².